The van der Waals surface area contributed by atoms with E-state index in [9.17, 15) is 5.11 Å². The maximum absolute atomic E-state index is 9.36. The van der Waals surface area contributed by atoms with Crippen LogP contribution in [0.4, 0.5) is 0 Å². The van der Waals surface area contributed by atoms with Crippen LogP contribution in [0.25, 0.3) is 0 Å². The number of aliphatic hydroxyl groups is 1. The summed E-state index contributed by atoms with van der Waals surface area (Å²) in [5.41, 5.74) is 1.30. The quantitative estimate of drug-likeness (QED) is 0.760. The largest absolute Gasteiger partial charge is 0.393 e. The summed E-state index contributed by atoms with van der Waals surface area (Å²) in [6.45, 7) is 2.99. The zero-order valence-corrected chi connectivity index (χ0v) is 8.26. The van der Waals surface area contributed by atoms with Gasteiger partial charge in [0, 0.05) is 32.0 Å². The number of nitrogens with zero attached hydrogens (tertiary/aromatic N) is 2. The Morgan fingerprint density at radius 2 is 1.93 bits per heavy atom. The zero-order valence-electron chi connectivity index (χ0n) is 8.26. The van der Waals surface area contributed by atoms with Gasteiger partial charge in [-0.25, -0.2) is 0 Å². The van der Waals surface area contributed by atoms with Crippen LogP contribution in [0.15, 0.2) is 24.5 Å². The van der Waals surface area contributed by atoms with Crippen molar-refractivity contribution in [1.82, 2.24) is 9.88 Å². The molecule has 1 N–H and O–H groups in total. The van der Waals surface area contributed by atoms with E-state index in [2.05, 4.69) is 9.88 Å². The van der Waals surface area contributed by atoms with E-state index >= 15 is 0 Å². The molecule has 0 aromatic carbocycles. The summed E-state index contributed by atoms with van der Waals surface area (Å²) >= 11 is 0. The molecular weight excluding hydrogens is 176 g/mol. The predicted molar refractivity (Wildman–Crippen MR) is 54.8 cm³/mol. The number of hydrogen-bond donors (Lipinski definition) is 1. The number of aromatic nitrogens is 1. The number of rotatable bonds is 2. The van der Waals surface area contributed by atoms with Crippen LogP contribution in [-0.4, -0.2) is 34.2 Å². The summed E-state index contributed by atoms with van der Waals surface area (Å²) in [7, 11) is 0. The summed E-state index contributed by atoms with van der Waals surface area (Å²) in [5, 5.41) is 9.36. The average molecular weight is 192 g/mol. The highest BCUT2D eigenvalue weighted by Crippen LogP contribution is 2.12. The van der Waals surface area contributed by atoms with Gasteiger partial charge in [0.05, 0.1) is 6.10 Å². The fourth-order valence-corrected chi connectivity index (χ4v) is 1.82. The van der Waals surface area contributed by atoms with Crippen molar-refractivity contribution in [1.29, 1.82) is 0 Å². The van der Waals surface area contributed by atoms with E-state index in [0.717, 1.165) is 32.5 Å². The average Bonchev–Trinajstić information content (AvgIpc) is 2.23. The van der Waals surface area contributed by atoms with Gasteiger partial charge in [-0.1, -0.05) is 0 Å². The Morgan fingerprint density at radius 3 is 2.57 bits per heavy atom. The third kappa shape index (κ3) is 2.53. The van der Waals surface area contributed by atoms with Crippen LogP contribution in [0.3, 0.4) is 0 Å². The molecule has 0 unspecified atom stereocenters. The Labute approximate surface area is 84.4 Å². The fourth-order valence-electron chi connectivity index (χ4n) is 1.82. The molecule has 1 aliphatic rings. The normalized spacial score (nSPS) is 19.8. The van der Waals surface area contributed by atoms with E-state index in [1.807, 2.05) is 24.5 Å². The number of pyridine rings is 1. The fraction of sp³-hybridized carbons (Fsp3) is 0.545. The van der Waals surface area contributed by atoms with Crippen molar-refractivity contribution < 1.29 is 5.11 Å². The number of hydrogen-bond acceptors (Lipinski definition) is 3. The third-order valence-corrected chi connectivity index (χ3v) is 2.71. The van der Waals surface area contributed by atoms with Crippen LogP contribution in [0, 0.1) is 0 Å². The van der Waals surface area contributed by atoms with Gasteiger partial charge in [-0.05, 0) is 30.5 Å². The van der Waals surface area contributed by atoms with Crippen molar-refractivity contribution in [3.8, 4) is 0 Å². The molecule has 1 aliphatic heterocycles. The molecule has 0 amide bonds. The van der Waals surface area contributed by atoms with E-state index in [1.165, 1.54) is 5.56 Å². The second kappa shape index (κ2) is 4.53. The SMILES string of the molecule is OC1CCN(Cc2ccncc2)CC1. The molecule has 1 aromatic heterocycles. The molecule has 1 fully saturated rings. The van der Waals surface area contributed by atoms with Crippen LogP contribution in [0.2, 0.25) is 0 Å². The van der Waals surface area contributed by atoms with Gasteiger partial charge in [0.2, 0.25) is 0 Å². The van der Waals surface area contributed by atoms with Crippen molar-refractivity contribution in [2.75, 3.05) is 13.1 Å². The van der Waals surface area contributed by atoms with E-state index in [0.29, 0.717) is 0 Å². The maximum Gasteiger partial charge on any atom is 0.0564 e. The molecule has 0 saturated carbocycles. The van der Waals surface area contributed by atoms with Gasteiger partial charge in [-0.3, -0.25) is 9.88 Å². The molecule has 76 valence electrons. The molecule has 0 spiro atoms. The van der Waals surface area contributed by atoms with Crippen molar-refractivity contribution in [2.45, 2.75) is 25.5 Å². The predicted octanol–water partition coefficient (Wildman–Crippen LogP) is 1.04. The first-order valence-corrected chi connectivity index (χ1v) is 5.14. The highest BCUT2D eigenvalue weighted by Gasteiger charge is 2.16. The third-order valence-electron chi connectivity index (χ3n) is 2.71. The van der Waals surface area contributed by atoms with Crippen molar-refractivity contribution in [3.05, 3.63) is 30.1 Å². The lowest BCUT2D eigenvalue weighted by molar-refractivity contribution is 0.0792. The Bertz CT molecular complexity index is 268. The Morgan fingerprint density at radius 1 is 1.29 bits per heavy atom. The minimum atomic E-state index is -0.0799. The lowest BCUT2D eigenvalue weighted by atomic mass is 10.1. The monoisotopic (exact) mass is 192 g/mol. The lowest BCUT2D eigenvalue weighted by Crippen LogP contribution is -2.35. The van der Waals surface area contributed by atoms with Gasteiger partial charge in [-0.2, -0.15) is 0 Å². The Balaban J connectivity index is 1.87. The van der Waals surface area contributed by atoms with Crippen LogP contribution >= 0.6 is 0 Å². The van der Waals surface area contributed by atoms with E-state index in [1.54, 1.807) is 0 Å². The number of piperidine rings is 1. The first-order valence-electron chi connectivity index (χ1n) is 5.14. The lowest BCUT2D eigenvalue weighted by Gasteiger charge is -2.29. The van der Waals surface area contributed by atoms with Crippen LogP contribution in [0.5, 0.6) is 0 Å². The second-order valence-corrected chi connectivity index (χ2v) is 3.86. The molecule has 1 aromatic rings. The molecule has 0 atom stereocenters. The smallest absolute Gasteiger partial charge is 0.0564 e. The molecule has 3 heteroatoms. The number of aliphatic hydroxyl groups excluding tert-OH is 1. The molecular formula is C11H16N2O. The zero-order chi connectivity index (χ0) is 9.80. The minimum absolute atomic E-state index is 0.0799. The summed E-state index contributed by atoms with van der Waals surface area (Å²) in [5.74, 6) is 0. The second-order valence-electron chi connectivity index (χ2n) is 3.86. The molecule has 2 heterocycles. The van der Waals surface area contributed by atoms with Crippen molar-refractivity contribution in [3.63, 3.8) is 0 Å². The topological polar surface area (TPSA) is 36.4 Å². The summed E-state index contributed by atoms with van der Waals surface area (Å²) < 4.78 is 0. The van der Waals surface area contributed by atoms with E-state index < -0.39 is 0 Å². The Hall–Kier alpha value is -0.930. The summed E-state index contributed by atoms with van der Waals surface area (Å²) in [6, 6.07) is 4.09. The van der Waals surface area contributed by atoms with Gasteiger partial charge in [0.1, 0.15) is 0 Å². The molecule has 0 radical (unpaired) electrons. The van der Waals surface area contributed by atoms with E-state index in [4.69, 9.17) is 0 Å². The first kappa shape index (κ1) is 9.62. The Kier molecular flexibility index (Phi) is 3.11. The standard InChI is InChI=1S/C11H16N2O/c14-11-3-7-13(8-4-11)9-10-1-5-12-6-2-10/h1-2,5-6,11,14H,3-4,7-9H2. The molecule has 0 bridgehead atoms. The van der Waals surface area contributed by atoms with Crippen LogP contribution in [-0.2, 0) is 6.54 Å². The molecule has 0 aliphatic carbocycles. The molecule has 14 heavy (non-hydrogen) atoms. The maximum atomic E-state index is 9.36. The highest BCUT2D eigenvalue weighted by atomic mass is 16.3. The highest BCUT2D eigenvalue weighted by molar-refractivity contribution is 5.09. The van der Waals surface area contributed by atoms with Gasteiger partial charge in [-0.15, -0.1) is 0 Å². The minimum Gasteiger partial charge on any atom is -0.393 e. The number of likely N-dealkylation sites (tertiary alicyclic amines) is 1. The molecule has 3 nitrogen and oxygen atoms in total. The van der Waals surface area contributed by atoms with Gasteiger partial charge in [0.25, 0.3) is 0 Å². The summed E-state index contributed by atoms with van der Waals surface area (Å²) in [6.07, 6.45) is 5.39. The van der Waals surface area contributed by atoms with Gasteiger partial charge in [0.15, 0.2) is 0 Å². The molecule has 2 rings (SSSR count). The van der Waals surface area contributed by atoms with Crippen LogP contribution in [0.1, 0.15) is 18.4 Å². The summed E-state index contributed by atoms with van der Waals surface area (Å²) in [4.78, 5) is 6.37. The van der Waals surface area contributed by atoms with Crippen molar-refractivity contribution in [2.24, 2.45) is 0 Å². The van der Waals surface area contributed by atoms with Gasteiger partial charge < -0.3 is 5.11 Å². The van der Waals surface area contributed by atoms with E-state index in [-0.39, 0.29) is 6.10 Å². The van der Waals surface area contributed by atoms with Crippen molar-refractivity contribution >= 4 is 0 Å². The van der Waals surface area contributed by atoms with Gasteiger partial charge >= 0.3 is 0 Å². The first-order chi connectivity index (χ1) is 6.84. The van der Waals surface area contributed by atoms with Crippen LogP contribution < -0.4 is 0 Å². The molecule has 1 saturated heterocycles.